The Kier molecular flexibility index (Phi) is 26.0. The molecule has 5 aliphatic carbocycles. The minimum Gasteiger partial charge on any atom is -0.479 e. The number of carboxylic acids is 1. The highest BCUT2D eigenvalue weighted by Crippen LogP contribution is 2.76. The molecular formula is C74H116O39. The molecule has 0 aromatic heterocycles. The van der Waals surface area contributed by atoms with Gasteiger partial charge in [0.15, 0.2) is 56.2 Å². The molecule has 0 aromatic carbocycles. The molecule has 0 spiro atoms. The molecule has 8 heterocycles. The van der Waals surface area contributed by atoms with Gasteiger partial charge in [-0.25, -0.2) is 4.79 Å². The number of carboxylic acid groups (broad SMARTS) is 1. The van der Waals surface area contributed by atoms with Gasteiger partial charge >= 0.3 is 11.9 Å². The Morgan fingerprint density at radius 1 is 0.460 bits per heavy atom. The quantitative estimate of drug-likeness (QED) is 0.0247. The summed E-state index contributed by atoms with van der Waals surface area (Å²) in [7, 11) is 0. The van der Waals surface area contributed by atoms with Crippen LogP contribution in [0, 0.1) is 50.2 Å². The van der Waals surface area contributed by atoms with E-state index in [9.17, 15) is 112 Å². The van der Waals surface area contributed by atoms with E-state index in [1.165, 1.54) is 13.8 Å². The second kappa shape index (κ2) is 33.4. The number of hydrogen-bond acceptors (Lipinski definition) is 38. The maximum Gasteiger partial charge on any atom is 0.335 e. The number of rotatable bonds is 19. The first-order valence-corrected chi connectivity index (χ1v) is 39.2. The predicted molar refractivity (Wildman–Crippen MR) is 367 cm³/mol. The standard InChI is InChI=1S/C74H116O39/c1-26-38(80)44(86)57(111-64-50(92)45(87)53(27(2)103-64)107-63-52(94)54(32(79)23-100-63)108-62-48(90)42(84)34(24-101-62)105-60-46(88)39(81)30(77)21-98-60)66(102-26)113-68(97)74-17-15-69(3,4)19-29(74)28-9-10-36-70(5)13-12-37(71(6,25-76)35(70)11-14-73(36,8)72(28,7)16-18-74)106-67-58(112-65-49(91)43(85)41(83)33(20-75)104-65)55(51(93)56(110-67)59(95)96)109-61-47(89)40(82)31(78)22-99-61/h9,25-27,29-58,60-67,75,77-94H,10-24H2,1-8H3,(H,95,96). The second-order valence-corrected chi connectivity index (χ2v) is 35.4. The van der Waals surface area contributed by atoms with Crippen LogP contribution in [0.4, 0.5) is 0 Å². The molecule has 45 unspecified atom stereocenters. The Hall–Kier alpha value is -3.01. The minimum atomic E-state index is -2.21. The van der Waals surface area contributed by atoms with Crippen molar-refractivity contribution in [1.82, 2.24) is 0 Å². The molecule has 0 aromatic rings. The lowest BCUT2D eigenvalue weighted by Gasteiger charge is -2.71. The number of carbonyl (C=O) groups is 3. The number of esters is 1. The number of hydrogen-bond donors (Lipinski definition) is 20. The average Bonchev–Trinajstić information content (AvgIpc) is 0.673. The van der Waals surface area contributed by atoms with Crippen LogP contribution >= 0.6 is 0 Å². The molecule has 0 bridgehead atoms. The predicted octanol–water partition coefficient (Wildman–Crippen LogP) is -6.86. The molecular weight excluding hydrogens is 1510 g/mol. The molecule has 39 nitrogen and oxygen atoms in total. The number of allylic oxidation sites excluding steroid dienone is 2. The molecule has 8 aliphatic heterocycles. The van der Waals surface area contributed by atoms with Crippen LogP contribution in [0.3, 0.4) is 0 Å². The van der Waals surface area contributed by atoms with Crippen LogP contribution in [0.1, 0.15) is 120 Å². The third-order valence-electron chi connectivity index (χ3n) is 28.2. The molecule has 12 fully saturated rings. The summed E-state index contributed by atoms with van der Waals surface area (Å²) in [6.45, 7) is 12.6. The summed E-state index contributed by atoms with van der Waals surface area (Å²) < 4.78 is 95.2. The first kappa shape index (κ1) is 87.8. The van der Waals surface area contributed by atoms with Crippen molar-refractivity contribution < 1.29 is 192 Å². The fraction of sp³-hybridized carbons (Fsp3) is 0.932. The average molecular weight is 1630 g/mol. The van der Waals surface area contributed by atoms with E-state index < -0.39 is 311 Å². The maximum absolute atomic E-state index is 15.8. The van der Waals surface area contributed by atoms with E-state index in [0.717, 1.165) is 11.9 Å². The van der Waals surface area contributed by atoms with E-state index >= 15 is 4.79 Å². The zero-order valence-corrected chi connectivity index (χ0v) is 64.1. The summed E-state index contributed by atoms with van der Waals surface area (Å²) >= 11 is 0. The van der Waals surface area contributed by atoms with Crippen molar-refractivity contribution in [1.29, 1.82) is 0 Å². The highest BCUT2D eigenvalue weighted by Gasteiger charge is 2.72. The number of aliphatic hydroxyl groups is 19. The zero-order valence-electron chi connectivity index (χ0n) is 64.1. The normalized spacial score (nSPS) is 54.8. The molecule has 13 aliphatic rings. The van der Waals surface area contributed by atoms with Crippen LogP contribution < -0.4 is 0 Å². The Labute approximate surface area is 650 Å². The Balaban J connectivity index is 0.696. The van der Waals surface area contributed by atoms with Gasteiger partial charge in [0.05, 0.1) is 62.2 Å². The van der Waals surface area contributed by atoms with Crippen molar-refractivity contribution in [2.75, 3.05) is 33.0 Å². The van der Waals surface area contributed by atoms with Crippen LogP contribution in [0.2, 0.25) is 0 Å². The minimum absolute atomic E-state index is 0.118. The van der Waals surface area contributed by atoms with Crippen molar-refractivity contribution in [3.05, 3.63) is 11.6 Å². The van der Waals surface area contributed by atoms with Crippen molar-refractivity contribution in [3.8, 4) is 0 Å². The van der Waals surface area contributed by atoms with E-state index in [-0.39, 0.29) is 17.8 Å². The molecule has 0 amide bonds. The number of ether oxygens (including phenoxy) is 16. The zero-order chi connectivity index (χ0) is 82.2. The Bertz CT molecular complexity index is 3320. The Morgan fingerprint density at radius 2 is 0.991 bits per heavy atom. The Morgan fingerprint density at radius 3 is 1.63 bits per heavy atom. The van der Waals surface area contributed by atoms with Gasteiger partial charge in [0, 0.05) is 0 Å². The highest BCUT2D eigenvalue weighted by atomic mass is 16.8. The summed E-state index contributed by atoms with van der Waals surface area (Å²) in [6.07, 6.45) is -57.5. The molecule has 8 saturated heterocycles. The van der Waals surface area contributed by atoms with E-state index in [2.05, 4.69) is 40.7 Å². The summed E-state index contributed by atoms with van der Waals surface area (Å²) in [4.78, 5) is 43.1. The summed E-state index contributed by atoms with van der Waals surface area (Å²) in [5.41, 5.74) is -3.54. The number of carbonyl (C=O) groups excluding carboxylic acids is 2. The third kappa shape index (κ3) is 15.6. The number of aliphatic carboxylic acids is 1. The van der Waals surface area contributed by atoms with Gasteiger partial charge in [0.2, 0.25) is 6.29 Å². The van der Waals surface area contributed by atoms with Crippen molar-refractivity contribution in [3.63, 3.8) is 0 Å². The van der Waals surface area contributed by atoms with Gasteiger partial charge in [-0.3, -0.25) is 4.79 Å². The number of aldehydes is 1. The third-order valence-corrected chi connectivity index (χ3v) is 28.2. The smallest absolute Gasteiger partial charge is 0.335 e. The molecule has 113 heavy (non-hydrogen) atoms. The SMILES string of the molecule is CC1OC(OC(=O)C23CCC(C)(C)CC2C2=CCC4C5(C)CCC(OC6OC(C(=O)O)C(O)C(OC7OCC(O)C(O)C7O)C6OC6OC(CO)C(O)C(O)C6O)C(C)(C=O)C5CCC4(C)C2(C)CC3)C(OC2OC(C)C(OC3OCC(O)C(OC4OCC(OC5OCC(O)C(O)C5O)C(O)C4O)C3O)C(O)C2O)C(O)C1O. The summed E-state index contributed by atoms with van der Waals surface area (Å²) in [5.74, 6) is -3.37. The van der Waals surface area contributed by atoms with Crippen molar-refractivity contribution in [2.24, 2.45) is 50.2 Å². The van der Waals surface area contributed by atoms with E-state index in [4.69, 9.17) is 75.8 Å². The summed E-state index contributed by atoms with van der Waals surface area (Å²) in [6, 6.07) is 0. The molecule has 13 rings (SSSR count). The van der Waals surface area contributed by atoms with Crippen LogP contribution in [-0.4, -0.2) is 381 Å². The fourth-order valence-electron chi connectivity index (χ4n) is 21.1. The molecule has 646 valence electrons. The van der Waals surface area contributed by atoms with Gasteiger partial charge < -0.3 is 183 Å². The topological polar surface area (TPSA) is 603 Å². The second-order valence-electron chi connectivity index (χ2n) is 35.4. The molecule has 0 radical (unpaired) electrons. The molecule has 4 saturated carbocycles. The van der Waals surface area contributed by atoms with Gasteiger partial charge in [0.1, 0.15) is 153 Å². The van der Waals surface area contributed by atoms with Crippen molar-refractivity contribution in [2.45, 2.75) is 347 Å². The maximum atomic E-state index is 15.8. The summed E-state index contributed by atoms with van der Waals surface area (Å²) in [5, 5.41) is 219. The van der Waals surface area contributed by atoms with Crippen LogP contribution in [0.25, 0.3) is 0 Å². The molecule has 39 heteroatoms. The monoisotopic (exact) mass is 1630 g/mol. The molecule has 45 atom stereocenters. The first-order chi connectivity index (χ1) is 53.1. The van der Waals surface area contributed by atoms with Gasteiger partial charge in [-0.1, -0.05) is 53.2 Å². The van der Waals surface area contributed by atoms with Crippen LogP contribution in [0.15, 0.2) is 11.6 Å². The van der Waals surface area contributed by atoms with Crippen molar-refractivity contribution >= 4 is 18.2 Å². The lowest BCUT2D eigenvalue weighted by atomic mass is 9.33. The van der Waals surface area contributed by atoms with Gasteiger partial charge in [0.25, 0.3) is 0 Å². The van der Waals surface area contributed by atoms with Gasteiger partial charge in [-0.15, -0.1) is 0 Å². The van der Waals surface area contributed by atoms with Crippen LogP contribution in [0.5, 0.6) is 0 Å². The largest absolute Gasteiger partial charge is 0.479 e. The van der Waals surface area contributed by atoms with E-state index in [1.54, 1.807) is 6.92 Å². The van der Waals surface area contributed by atoms with E-state index in [0.29, 0.717) is 57.8 Å². The highest BCUT2D eigenvalue weighted by molar-refractivity contribution is 5.79. The lowest BCUT2D eigenvalue weighted by molar-refractivity contribution is -0.391. The van der Waals surface area contributed by atoms with Gasteiger partial charge in [-0.05, 0) is 117 Å². The van der Waals surface area contributed by atoms with Crippen LogP contribution in [-0.2, 0) is 90.2 Å². The number of aliphatic hydroxyl groups excluding tert-OH is 19. The lowest BCUT2D eigenvalue weighted by Crippen LogP contribution is -2.68. The molecule has 20 N–H and O–H groups in total. The fourth-order valence-corrected chi connectivity index (χ4v) is 21.1. The van der Waals surface area contributed by atoms with E-state index in [1.807, 2.05) is 0 Å². The van der Waals surface area contributed by atoms with Gasteiger partial charge in [-0.2, -0.15) is 0 Å². The number of fused-ring (bicyclic) bond motifs is 7. The first-order valence-electron chi connectivity index (χ1n) is 39.2.